The van der Waals surface area contributed by atoms with Gasteiger partial charge in [-0.15, -0.1) is 0 Å². The Morgan fingerprint density at radius 2 is 2.27 bits per heavy atom. The minimum atomic E-state index is -0.0611. The van der Waals surface area contributed by atoms with E-state index in [-0.39, 0.29) is 5.91 Å². The Balaban J connectivity index is 1.67. The van der Waals surface area contributed by atoms with Crippen molar-refractivity contribution in [2.24, 2.45) is 0 Å². The van der Waals surface area contributed by atoms with Crippen LogP contribution in [0.25, 0.3) is 0 Å². The zero-order chi connectivity index (χ0) is 15.2. The van der Waals surface area contributed by atoms with Gasteiger partial charge in [-0.2, -0.15) is 0 Å². The van der Waals surface area contributed by atoms with Crippen LogP contribution in [0.5, 0.6) is 0 Å². The molecule has 118 valence electrons. The first-order valence-corrected chi connectivity index (χ1v) is 7.79. The Hall–Kier alpha value is -1.92. The number of aromatic nitrogens is 1. The second-order valence-electron chi connectivity index (χ2n) is 5.47. The van der Waals surface area contributed by atoms with Crippen molar-refractivity contribution in [3.8, 4) is 0 Å². The van der Waals surface area contributed by atoms with Gasteiger partial charge in [0.05, 0.1) is 18.8 Å². The van der Waals surface area contributed by atoms with Crippen LogP contribution in [0.15, 0.2) is 30.0 Å². The monoisotopic (exact) mass is 302 g/mol. The quantitative estimate of drug-likeness (QED) is 0.796. The minimum Gasteiger partial charge on any atom is -0.378 e. The highest BCUT2D eigenvalue weighted by Gasteiger charge is 2.19. The fraction of sp³-hybridized carbons (Fsp3) is 0.500. The fourth-order valence-electron chi connectivity index (χ4n) is 2.72. The number of pyridine rings is 1. The van der Waals surface area contributed by atoms with Crippen LogP contribution in [0.1, 0.15) is 16.8 Å². The van der Waals surface area contributed by atoms with Crippen molar-refractivity contribution < 1.29 is 9.53 Å². The van der Waals surface area contributed by atoms with Gasteiger partial charge in [0.25, 0.3) is 5.91 Å². The summed E-state index contributed by atoms with van der Waals surface area (Å²) in [5.74, 6) is 0.691. The van der Waals surface area contributed by atoms with Crippen molar-refractivity contribution in [3.63, 3.8) is 0 Å². The largest absolute Gasteiger partial charge is 0.378 e. The lowest BCUT2D eigenvalue weighted by atomic mass is 10.1. The van der Waals surface area contributed by atoms with E-state index in [1.54, 1.807) is 6.20 Å². The molecular weight excluding hydrogens is 280 g/mol. The van der Waals surface area contributed by atoms with Gasteiger partial charge in [0.15, 0.2) is 0 Å². The number of rotatable bonds is 4. The number of hydrogen-bond donors (Lipinski definition) is 2. The van der Waals surface area contributed by atoms with Crippen LogP contribution < -0.4 is 15.5 Å². The summed E-state index contributed by atoms with van der Waals surface area (Å²) in [5.41, 5.74) is 1.92. The van der Waals surface area contributed by atoms with Crippen LogP contribution in [0.4, 0.5) is 5.82 Å². The number of ether oxygens (including phenoxy) is 1. The van der Waals surface area contributed by atoms with Gasteiger partial charge in [-0.3, -0.25) is 4.79 Å². The topological polar surface area (TPSA) is 66.5 Å². The standard InChI is InChI=1S/C16H22N4O2/c21-16(19-12-13-3-6-17-7-4-13)14-2-1-5-18-15(14)20-8-10-22-11-9-20/h1-3,5,17H,4,6-12H2,(H,19,21). The van der Waals surface area contributed by atoms with Crippen LogP contribution in [0, 0.1) is 0 Å². The Bertz CT molecular complexity index is 553. The van der Waals surface area contributed by atoms with Crippen molar-refractivity contribution in [1.82, 2.24) is 15.6 Å². The van der Waals surface area contributed by atoms with E-state index in [0.29, 0.717) is 25.3 Å². The third-order valence-corrected chi connectivity index (χ3v) is 3.98. The van der Waals surface area contributed by atoms with Gasteiger partial charge in [-0.1, -0.05) is 11.6 Å². The SMILES string of the molecule is O=C(NCC1=CCNCC1)c1cccnc1N1CCOCC1. The third-order valence-electron chi connectivity index (χ3n) is 3.98. The second kappa shape index (κ2) is 7.38. The van der Waals surface area contributed by atoms with Crippen molar-refractivity contribution in [2.45, 2.75) is 6.42 Å². The summed E-state index contributed by atoms with van der Waals surface area (Å²) in [6.45, 7) is 5.37. The van der Waals surface area contributed by atoms with Crippen LogP contribution >= 0.6 is 0 Å². The smallest absolute Gasteiger partial charge is 0.255 e. The fourth-order valence-corrected chi connectivity index (χ4v) is 2.72. The molecule has 6 nitrogen and oxygen atoms in total. The van der Waals surface area contributed by atoms with Gasteiger partial charge in [-0.05, 0) is 25.1 Å². The number of nitrogens with one attached hydrogen (secondary N) is 2. The molecular formula is C16H22N4O2. The molecule has 2 aliphatic rings. The van der Waals surface area contributed by atoms with Crippen molar-refractivity contribution >= 4 is 11.7 Å². The summed E-state index contributed by atoms with van der Waals surface area (Å²) < 4.78 is 5.37. The third kappa shape index (κ3) is 3.64. The van der Waals surface area contributed by atoms with Crippen molar-refractivity contribution in [3.05, 3.63) is 35.5 Å². The number of hydrogen-bond acceptors (Lipinski definition) is 5. The summed E-state index contributed by atoms with van der Waals surface area (Å²) in [6.07, 6.45) is 4.87. The number of anilines is 1. The Morgan fingerprint density at radius 1 is 1.41 bits per heavy atom. The van der Waals surface area contributed by atoms with E-state index in [4.69, 9.17) is 4.74 Å². The molecule has 0 bridgehead atoms. The number of amides is 1. The highest BCUT2D eigenvalue weighted by molar-refractivity contribution is 5.99. The molecule has 1 saturated heterocycles. The van der Waals surface area contributed by atoms with E-state index in [9.17, 15) is 4.79 Å². The molecule has 0 aromatic carbocycles. The van der Waals surface area contributed by atoms with E-state index >= 15 is 0 Å². The molecule has 22 heavy (non-hydrogen) atoms. The van der Waals surface area contributed by atoms with E-state index in [1.807, 2.05) is 12.1 Å². The Kier molecular flexibility index (Phi) is 5.03. The Morgan fingerprint density at radius 3 is 3.05 bits per heavy atom. The number of carbonyl (C=O) groups is 1. The molecule has 2 aliphatic heterocycles. The molecule has 1 fully saturated rings. The number of morpholine rings is 1. The minimum absolute atomic E-state index is 0.0611. The lowest BCUT2D eigenvalue weighted by Gasteiger charge is -2.29. The molecule has 1 amide bonds. The van der Waals surface area contributed by atoms with Gasteiger partial charge in [0, 0.05) is 32.4 Å². The average molecular weight is 302 g/mol. The molecule has 2 N–H and O–H groups in total. The molecule has 0 aliphatic carbocycles. The molecule has 0 spiro atoms. The molecule has 0 atom stereocenters. The first-order chi connectivity index (χ1) is 10.8. The van der Waals surface area contributed by atoms with Crippen molar-refractivity contribution in [2.75, 3.05) is 50.8 Å². The highest BCUT2D eigenvalue weighted by Crippen LogP contribution is 2.18. The maximum atomic E-state index is 12.5. The maximum Gasteiger partial charge on any atom is 0.255 e. The molecule has 3 rings (SSSR count). The van der Waals surface area contributed by atoms with Gasteiger partial charge in [-0.25, -0.2) is 4.98 Å². The summed E-state index contributed by atoms with van der Waals surface area (Å²) in [4.78, 5) is 19.0. The summed E-state index contributed by atoms with van der Waals surface area (Å²) >= 11 is 0. The first-order valence-electron chi connectivity index (χ1n) is 7.79. The maximum absolute atomic E-state index is 12.5. The zero-order valence-corrected chi connectivity index (χ0v) is 12.7. The number of carbonyl (C=O) groups excluding carboxylic acids is 1. The first kappa shape index (κ1) is 15.0. The average Bonchev–Trinajstić information content (AvgIpc) is 2.61. The van der Waals surface area contributed by atoms with Crippen LogP contribution in [0.3, 0.4) is 0 Å². The highest BCUT2D eigenvalue weighted by atomic mass is 16.5. The van der Waals surface area contributed by atoms with Gasteiger partial charge in [0.2, 0.25) is 0 Å². The van der Waals surface area contributed by atoms with Crippen molar-refractivity contribution in [1.29, 1.82) is 0 Å². The normalized spacial score (nSPS) is 18.7. The second-order valence-corrected chi connectivity index (χ2v) is 5.47. The Labute approximate surface area is 130 Å². The van der Waals surface area contributed by atoms with Gasteiger partial charge >= 0.3 is 0 Å². The summed E-state index contributed by atoms with van der Waals surface area (Å²) in [5, 5.41) is 6.28. The van der Waals surface area contributed by atoms with E-state index in [2.05, 4.69) is 26.6 Å². The molecule has 0 radical (unpaired) electrons. The lowest BCUT2D eigenvalue weighted by molar-refractivity contribution is 0.0954. The molecule has 1 aromatic heterocycles. The molecule has 0 unspecified atom stereocenters. The van der Waals surface area contributed by atoms with Crippen LogP contribution in [-0.2, 0) is 4.74 Å². The molecule has 6 heteroatoms. The molecule has 0 saturated carbocycles. The predicted molar refractivity (Wildman–Crippen MR) is 85.2 cm³/mol. The van der Waals surface area contributed by atoms with Gasteiger partial charge < -0.3 is 20.3 Å². The van der Waals surface area contributed by atoms with E-state index in [0.717, 1.165) is 38.4 Å². The lowest BCUT2D eigenvalue weighted by Crippen LogP contribution is -2.38. The van der Waals surface area contributed by atoms with Gasteiger partial charge in [0.1, 0.15) is 5.82 Å². The molecule has 1 aromatic rings. The zero-order valence-electron chi connectivity index (χ0n) is 12.7. The van der Waals surface area contributed by atoms with E-state index in [1.165, 1.54) is 5.57 Å². The summed E-state index contributed by atoms with van der Waals surface area (Å²) in [6, 6.07) is 3.65. The predicted octanol–water partition coefficient (Wildman–Crippen LogP) is 0.568. The van der Waals surface area contributed by atoms with E-state index < -0.39 is 0 Å². The van der Waals surface area contributed by atoms with Crippen LogP contribution in [0.2, 0.25) is 0 Å². The molecule has 3 heterocycles. The number of nitrogens with zero attached hydrogens (tertiary/aromatic N) is 2. The van der Waals surface area contributed by atoms with Crippen LogP contribution in [-0.4, -0.2) is 56.8 Å². The summed E-state index contributed by atoms with van der Waals surface area (Å²) in [7, 11) is 0.